The van der Waals surface area contributed by atoms with Crippen molar-refractivity contribution in [1.29, 1.82) is 5.26 Å². The van der Waals surface area contributed by atoms with Gasteiger partial charge in [-0.2, -0.15) is 5.26 Å². The number of hydrogen-bond donors (Lipinski definition) is 1. The molecular formula is C13H13N5. The summed E-state index contributed by atoms with van der Waals surface area (Å²) in [5.74, 6) is 1.26. The van der Waals surface area contributed by atoms with Crippen LogP contribution < -0.4 is 10.6 Å². The number of pyridine rings is 2. The summed E-state index contributed by atoms with van der Waals surface area (Å²) in [7, 11) is 1.92. The molecule has 0 saturated heterocycles. The highest BCUT2D eigenvalue weighted by molar-refractivity contribution is 5.42. The molecule has 5 nitrogen and oxygen atoms in total. The molecule has 2 aromatic rings. The molecular weight excluding hydrogens is 226 g/mol. The minimum absolute atomic E-state index is 0.412. The smallest absolute Gasteiger partial charge is 0.142 e. The van der Waals surface area contributed by atoms with Crippen molar-refractivity contribution < 1.29 is 0 Å². The van der Waals surface area contributed by atoms with Gasteiger partial charge in [0.25, 0.3) is 0 Å². The lowest BCUT2D eigenvalue weighted by Gasteiger charge is -2.18. The van der Waals surface area contributed by atoms with E-state index in [0.29, 0.717) is 18.1 Å². The fourth-order valence-corrected chi connectivity index (χ4v) is 1.58. The van der Waals surface area contributed by atoms with Gasteiger partial charge in [0.2, 0.25) is 0 Å². The van der Waals surface area contributed by atoms with Crippen LogP contribution in [0.15, 0.2) is 36.5 Å². The highest BCUT2D eigenvalue weighted by Crippen LogP contribution is 2.13. The van der Waals surface area contributed by atoms with Crippen LogP contribution in [0.1, 0.15) is 11.3 Å². The monoisotopic (exact) mass is 239 g/mol. The largest absolute Gasteiger partial charge is 0.384 e. The van der Waals surface area contributed by atoms with Gasteiger partial charge in [-0.3, -0.25) is 0 Å². The van der Waals surface area contributed by atoms with Crippen molar-refractivity contribution in [3.05, 3.63) is 47.8 Å². The first-order valence-corrected chi connectivity index (χ1v) is 5.48. The molecule has 0 radical (unpaired) electrons. The van der Waals surface area contributed by atoms with Crippen LogP contribution in [0.4, 0.5) is 11.6 Å². The van der Waals surface area contributed by atoms with Gasteiger partial charge in [-0.15, -0.1) is 0 Å². The highest BCUT2D eigenvalue weighted by atomic mass is 15.2. The summed E-state index contributed by atoms with van der Waals surface area (Å²) >= 11 is 0. The molecule has 0 amide bonds. The maximum absolute atomic E-state index is 8.81. The van der Waals surface area contributed by atoms with Crippen LogP contribution in [-0.2, 0) is 6.54 Å². The number of aromatic nitrogens is 2. The van der Waals surface area contributed by atoms with Crippen LogP contribution in [-0.4, -0.2) is 17.0 Å². The molecule has 0 bridgehead atoms. The van der Waals surface area contributed by atoms with E-state index in [1.54, 1.807) is 18.3 Å². The summed E-state index contributed by atoms with van der Waals surface area (Å²) in [5, 5.41) is 8.81. The molecule has 0 aliphatic carbocycles. The Balaban J connectivity index is 2.14. The Labute approximate surface area is 106 Å². The van der Waals surface area contributed by atoms with E-state index in [0.717, 1.165) is 11.4 Å². The minimum atomic E-state index is 0.412. The van der Waals surface area contributed by atoms with Gasteiger partial charge in [-0.25, -0.2) is 9.97 Å². The van der Waals surface area contributed by atoms with Crippen LogP contribution in [0.25, 0.3) is 0 Å². The summed E-state index contributed by atoms with van der Waals surface area (Å²) in [6.07, 6.45) is 1.74. The molecule has 90 valence electrons. The number of rotatable bonds is 3. The van der Waals surface area contributed by atoms with Crippen LogP contribution in [0.5, 0.6) is 0 Å². The summed E-state index contributed by atoms with van der Waals surface area (Å²) < 4.78 is 0. The Morgan fingerprint density at radius 1 is 1.33 bits per heavy atom. The molecule has 5 heteroatoms. The van der Waals surface area contributed by atoms with E-state index in [1.165, 1.54) is 0 Å². The Kier molecular flexibility index (Phi) is 3.39. The third-order valence-corrected chi connectivity index (χ3v) is 2.51. The molecule has 0 fully saturated rings. The van der Waals surface area contributed by atoms with Crippen molar-refractivity contribution in [2.24, 2.45) is 0 Å². The van der Waals surface area contributed by atoms with Crippen LogP contribution in [0.3, 0.4) is 0 Å². The average Bonchev–Trinajstić information content (AvgIpc) is 2.41. The second-order valence-electron chi connectivity index (χ2n) is 3.94. The normalized spacial score (nSPS) is 9.78. The fourth-order valence-electron chi connectivity index (χ4n) is 1.58. The molecule has 0 spiro atoms. The zero-order valence-corrected chi connectivity index (χ0v) is 10.0. The van der Waals surface area contributed by atoms with Gasteiger partial charge in [-0.05, 0) is 23.8 Å². The summed E-state index contributed by atoms with van der Waals surface area (Å²) in [6.45, 7) is 0.662. The van der Waals surface area contributed by atoms with Crippen LogP contribution in [0, 0.1) is 11.3 Å². The van der Waals surface area contributed by atoms with Crippen molar-refractivity contribution in [3.63, 3.8) is 0 Å². The lowest BCUT2D eigenvalue weighted by molar-refractivity contribution is 0.890. The average molecular weight is 239 g/mol. The maximum Gasteiger partial charge on any atom is 0.142 e. The van der Waals surface area contributed by atoms with Crippen LogP contribution in [0.2, 0.25) is 0 Å². The van der Waals surface area contributed by atoms with Gasteiger partial charge in [0.05, 0.1) is 0 Å². The predicted molar refractivity (Wildman–Crippen MR) is 69.7 cm³/mol. The number of nitriles is 1. The van der Waals surface area contributed by atoms with Gasteiger partial charge >= 0.3 is 0 Å². The van der Waals surface area contributed by atoms with Crippen molar-refractivity contribution in [1.82, 2.24) is 9.97 Å². The van der Waals surface area contributed by atoms with E-state index in [-0.39, 0.29) is 0 Å². The third kappa shape index (κ3) is 2.74. The van der Waals surface area contributed by atoms with E-state index < -0.39 is 0 Å². The molecule has 2 heterocycles. The van der Waals surface area contributed by atoms with Crippen molar-refractivity contribution in [2.45, 2.75) is 6.54 Å². The lowest BCUT2D eigenvalue weighted by Crippen LogP contribution is -2.18. The number of hydrogen-bond acceptors (Lipinski definition) is 5. The molecule has 0 aliphatic heterocycles. The Hall–Kier alpha value is -2.61. The van der Waals surface area contributed by atoms with Crippen molar-refractivity contribution in [3.8, 4) is 6.07 Å². The Morgan fingerprint density at radius 2 is 2.17 bits per heavy atom. The summed E-state index contributed by atoms with van der Waals surface area (Å²) in [5.41, 5.74) is 6.98. The zero-order chi connectivity index (χ0) is 13.0. The second-order valence-corrected chi connectivity index (χ2v) is 3.94. The van der Waals surface area contributed by atoms with Gasteiger partial charge in [0, 0.05) is 19.8 Å². The summed E-state index contributed by atoms with van der Waals surface area (Å²) in [4.78, 5) is 10.2. The van der Waals surface area contributed by atoms with Crippen molar-refractivity contribution >= 4 is 11.6 Å². The van der Waals surface area contributed by atoms with E-state index >= 15 is 0 Å². The van der Waals surface area contributed by atoms with E-state index in [9.17, 15) is 0 Å². The molecule has 0 atom stereocenters. The Morgan fingerprint density at radius 3 is 2.83 bits per heavy atom. The number of nitrogen functional groups attached to an aromatic ring is 1. The van der Waals surface area contributed by atoms with E-state index in [4.69, 9.17) is 11.0 Å². The van der Waals surface area contributed by atoms with Gasteiger partial charge in [0.1, 0.15) is 23.4 Å². The molecule has 0 saturated carbocycles. The lowest BCUT2D eigenvalue weighted by atomic mass is 10.2. The first kappa shape index (κ1) is 11.9. The third-order valence-electron chi connectivity index (χ3n) is 2.51. The standard InChI is InChI=1S/C13H13N5/c1-18(9-10-5-6-12(15)16-8-10)13-4-2-3-11(7-14)17-13/h2-6,8H,9H2,1H3,(H2,15,16). The number of anilines is 2. The minimum Gasteiger partial charge on any atom is -0.384 e. The molecule has 18 heavy (non-hydrogen) atoms. The predicted octanol–water partition coefficient (Wildman–Crippen LogP) is 1.57. The number of nitrogens with zero attached hydrogens (tertiary/aromatic N) is 4. The molecule has 0 unspecified atom stereocenters. The zero-order valence-electron chi connectivity index (χ0n) is 10.0. The molecule has 0 aliphatic rings. The van der Waals surface area contributed by atoms with E-state index in [2.05, 4.69) is 9.97 Å². The first-order chi connectivity index (χ1) is 8.69. The Bertz CT molecular complexity index is 571. The molecule has 2 N–H and O–H groups in total. The van der Waals surface area contributed by atoms with Gasteiger partial charge in [-0.1, -0.05) is 12.1 Å². The summed E-state index contributed by atoms with van der Waals surface area (Å²) in [6, 6.07) is 11.1. The first-order valence-electron chi connectivity index (χ1n) is 5.48. The quantitative estimate of drug-likeness (QED) is 0.879. The van der Waals surface area contributed by atoms with Crippen LogP contribution >= 0.6 is 0 Å². The van der Waals surface area contributed by atoms with Gasteiger partial charge in [0.15, 0.2) is 0 Å². The van der Waals surface area contributed by atoms with Gasteiger partial charge < -0.3 is 10.6 Å². The maximum atomic E-state index is 8.81. The van der Waals surface area contributed by atoms with Crippen molar-refractivity contribution in [2.75, 3.05) is 17.7 Å². The highest BCUT2D eigenvalue weighted by Gasteiger charge is 2.04. The number of nitrogens with two attached hydrogens (primary N) is 1. The second kappa shape index (κ2) is 5.15. The van der Waals surface area contributed by atoms with E-state index in [1.807, 2.05) is 36.2 Å². The molecule has 2 aromatic heterocycles. The molecule has 2 rings (SSSR count). The fraction of sp³-hybridized carbons (Fsp3) is 0.154. The molecule has 0 aromatic carbocycles. The SMILES string of the molecule is CN(Cc1ccc(N)nc1)c1cccc(C#N)n1. The topological polar surface area (TPSA) is 78.8 Å².